The number of pyridine rings is 1. The summed E-state index contributed by atoms with van der Waals surface area (Å²) >= 11 is 5.86. The van der Waals surface area contributed by atoms with Crippen molar-refractivity contribution < 1.29 is 0 Å². The third-order valence-electron chi connectivity index (χ3n) is 3.01. The molecule has 0 amide bonds. The molecule has 3 aromatic rings. The Bertz CT molecular complexity index is 720. The number of nitrogen functional groups attached to an aromatic ring is 1. The summed E-state index contributed by atoms with van der Waals surface area (Å²) in [6.45, 7) is 0.835. The lowest BCUT2D eigenvalue weighted by Crippen LogP contribution is -2.05. The number of hydrogen-bond acceptors (Lipinski definition) is 4. The zero-order valence-electron chi connectivity index (χ0n) is 10.8. The normalized spacial score (nSPS) is 10.8. The fraction of sp³-hybridized carbons (Fsp3) is 0.143. The Morgan fingerprint density at radius 1 is 1.20 bits per heavy atom. The van der Waals surface area contributed by atoms with Gasteiger partial charge in [-0.25, -0.2) is 4.52 Å². The Morgan fingerprint density at radius 2 is 2.00 bits per heavy atom. The minimum absolute atomic E-state index is 0.281. The molecular formula is C14H14ClN5. The highest BCUT2D eigenvalue weighted by Crippen LogP contribution is 2.13. The average Bonchev–Trinajstić information content (AvgIpc) is 2.80. The summed E-state index contributed by atoms with van der Waals surface area (Å²) in [7, 11) is 0. The summed E-state index contributed by atoms with van der Waals surface area (Å²) in [6, 6.07) is 11.7. The fourth-order valence-corrected chi connectivity index (χ4v) is 2.14. The smallest absolute Gasteiger partial charge is 0.240 e. The van der Waals surface area contributed by atoms with Crippen LogP contribution in [0, 0.1) is 0 Å². The van der Waals surface area contributed by atoms with E-state index in [4.69, 9.17) is 17.3 Å². The van der Waals surface area contributed by atoms with E-state index in [0.29, 0.717) is 0 Å². The lowest BCUT2D eigenvalue weighted by molar-refractivity contribution is 0.963. The Morgan fingerprint density at radius 3 is 2.80 bits per heavy atom. The molecule has 3 rings (SSSR count). The van der Waals surface area contributed by atoms with Crippen LogP contribution >= 0.6 is 11.6 Å². The highest BCUT2D eigenvalue weighted by atomic mass is 35.5. The first-order valence-electron chi connectivity index (χ1n) is 6.31. The van der Waals surface area contributed by atoms with Gasteiger partial charge in [-0.1, -0.05) is 23.7 Å². The van der Waals surface area contributed by atoms with Gasteiger partial charge in [0, 0.05) is 29.5 Å². The molecular weight excluding hydrogens is 274 g/mol. The maximum atomic E-state index is 5.86. The molecule has 2 aromatic heterocycles. The molecule has 5 nitrogen and oxygen atoms in total. The first kappa shape index (κ1) is 12.7. The van der Waals surface area contributed by atoms with Crippen molar-refractivity contribution in [2.75, 3.05) is 17.6 Å². The van der Waals surface area contributed by atoms with Crippen LogP contribution in [0.4, 0.5) is 11.6 Å². The summed E-state index contributed by atoms with van der Waals surface area (Å²) in [4.78, 5) is 4.12. The van der Waals surface area contributed by atoms with E-state index < -0.39 is 0 Å². The van der Waals surface area contributed by atoms with E-state index in [1.54, 1.807) is 4.52 Å². The van der Waals surface area contributed by atoms with Crippen molar-refractivity contribution in [3.05, 3.63) is 53.2 Å². The molecule has 0 spiro atoms. The zero-order chi connectivity index (χ0) is 13.9. The molecule has 2 heterocycles. The maximum Gasteiger partial charge on any atom is 0.240 e. The van der Waals surface area contributed by atoms with Gasteiger partial charge in [0.1, 0.15) is 0 Å². The summed E-state index contributed by atoms with van der Waals surface area (Å²) in [5.74, 6) is 0.281. The lowest BCUT2D eigenvalue weighted by Gasteiger charge is -2.06. The van der Waals surface area contributed by atoms with Gasteiger partial charge >= 0.3 is 0 Å². The zero-order valence-corrected chi connectivity index (χ0v) is 11.5. The summed E-state index contributed by atoms with van der Waals surface area (Å²) in [6.07, 6.45) is 2.76. The van der Waals surface area contributed by atoms with Crippen LogP contribution in [0.5, 0.6) is 0 Å². The van der Waals surface area contributed by atoms with Gasteiger partial charge in [-0.2, -0.15) is 4.98 Å². The van der Waals surface area contributed by atoms with E-state index in [1.165, 1.54) is 5.56 Å². The Balaban J connectivity index is 1.63. The molecule has 3 N–H and O–H groups in total. The number of anilines is 2. The molecule has 1 aromatic carbocycles. The third-order valence-corrected chi connectivity index (χ3v) is 3.26. The molecule has 0 aliphatic carbocycles. The van der Waals surface area contributed by atoms with Crippen LogP contribution in [0.15, 0.2) is 42.6 Å². The number of fused-ring (bicyclic) bond motifs is 1. The molecule has 0 bridgehead atoms. The van der Waals surface area contributed by atoms with E-state index >= 15 is 0 Å². The Labute approximate surface area is 121 Å². The predicted octanol–water partition coefficient (Wildman–Crippen LogP) is 2.62. The standard InChI is InChI=1S/C14H14ClN5/c15-11-3-1-10(2-4-11)5-7-17-12-6-8-20-13(9-12)18-14(16)19-20/h1-4,6,8-9,17H,5,7H2,(H2,16,19). The molecule has 0 aliphatic rings. The molecule has 6 heteroatoms. The first-order chi connectivity index (χ1) is 9.70. The third kappa shape index (κ3) is 2.83. The van der Waals surface area contributed by atoms with Crippen molar-refractivity contribution in [3.63, 3.8) is 0 Å². The van der Waals surface area contributed by atoms with E-state index in [0.717, 1.165) is 29.3 Å². The van der Waals surface area contributed by atoms with Crippen LogP contribution in [0.3, 0.4) is 0 Å². The number of halogens is 1. The van der Waals surface area contributed by atoms with Crippen molar-refractivity contribution in [3.8, 4) is 0 Å². The molecule has 0 fully saturated rings. The first-order valence-corrected chi connectivity index (χ1v) is 6.69. The predicted molar refractivity (Wildman–Crippen MR) is 81.0 cm³/mol. The molecule has 102 valence electrons. The van der Waals surface area contributed by atoms with E-state index in [9.17, 15) is 0 Å². The quantitative estimate of drug-likeness (QED) is 0.774. The highest BCUT2D eigenvalue weighted by Gasteiger charge is 2.01. The van der Waals surface area contributed by atoms with Crippen LogP contribution in [0.1, 0.15) is 5.56 Å². The molecule has 0 saturated heterocycles. The summed E-state index contributed by atoms with van der Waals surface area (Å²) < 4.78 is 1.65. The largest absolute Gasteiger partial charge is 0.385 e. The molecule has 0 aliphatic heterocycles. The molecule has 0 radical (unpaired) electrons. The fourth-order valence-electron chi connectivity index (χ4n) is 2.01. The van der Waals surface area contributed by atoms with Crippen molar-refractivity contribution >= 4 is 28.9 Å². The monoisotopic (exact) mass is 287 g/mol. The second kappa shape index (κ2) is 5.38. The molecule has 0 atom stereocenters. The number of nitrogens with zero attached hydrogens (tertiary/aromatic N) is 3. The van der Waals surface area contributed by atoms with Gasteiger partial charge < -0.3 is 11.1 Å². The van der Waals surface area contributed by atoms with Gasteiger partial charge in [-0.3, -0.25) is 0 Å². The lowest BCUT2D eigenvalue weighted by atomic mass is 10.1. The van der Waals surface area contributed by atoms with E-state index in [1.807, 2.05) is 42.6 Å². The topological polar surface area (TPSA) is 68.2 Å². The van der Waals surface area contributed by atoms with Gasteiger partial charge in [0.15, 0.2) is 5.65 Å². The number of nitrogens with one attached hydrogen (secondary N) is 1. The van der Waals surface area contributed by atoms with Gasteiger partial charge in [-0.15, -0.1) is 5.10 Å². The van der Waals surface area contributed by atoms with E-state index in [-0.39, 0.29) is 5.95 Å². The number of rotatable bonds is 4. The molecule has 0 saturated carbocycles. The van der Waals surface area contributed by atoms with Crippen molar-refractivity contribution in [1.29, 1.82) is 0 Å². The van der Waals surface area contributed by atoms with Crippen molar-refractivity contribution in [1.82, 2.24) is 14.6 Å². The van der Waals surface area contributed by atoms with Crippen LogP contribution in [-0.2, 0) is 6.42 Å². The number of nitrogens with two attached hydrogens (primary N) is 1. The van der Waals surface area contributed by atoms with Crippen molar-refractivity contribution in [2.24, 2.45) is 0 Å². The minimum atomic E-state index is 0.281. The number of hydrogen-bond donors (Lipinski definition) is 2. The summed E-state index contributed by atoms with van der Waals surface area (Å²) in [5.41, 5.74) is 8.53. The van der Waals surface area contributed by atoms with Crippen molar-refractivity contribution in [2.45, 2.75) is 6.42 Å². The molecule has 0 unspecified atom stereocenters. The second-order valence-corrected chi connectivity index (χ2v) is 4.93. The average molecular weight is 288 g/mol. The minimum Gasteiger partial charge on any atom is -0.385 e. The second-order valence-electron chi connectivity index (χ2n) is 4.49. The Hall–Kier alpha value is -2.27. The van der Waals surface area contributed by atoms with Gasteiger partial charge in [0.25, 0.3) is 0 Å². The Kier molecular flexibility index (Phi) is 3.43. The number of benzene rings is 1. The van der Waals surface area contributed by atoms with Crippen LogP contribution in [0.25, 0.3) is 5.65 Å². The molecule has 20 heavy (non-hydrogen) atoms. The highest BCUT2D eigenvalue weighted by molar-refractivity contribution is 6.30. The van der Waals surface area contributed by atoms with Gasteiger partial charge in [-0.05, 0) is 30.2 Å². The summed E-state index contributed by atoms with van der Waals surface area (Å²) in [5, 5.41) is 8.15. The van der Waals surface area contributed by atoms with Crippen LogP contribution in [-0.4, -0.2) is 21.1 Å². The number of aromatic nitrogens is 3. The van der Waals surface area contributed by atoms with Gasteiger partial charge in [0.2, 0.25) is 5.95 Å². The van der Waals surface area contributed by atoms with Gasteiger partial charge in [0.05, 0.1) is 0 Å². The van der Waals surface area contributed by atoms with Crippen LogP contribution < -0.4 is 11.1 Å². The van der Waals surface area contributed by atoms with E-state index in [2.05, 4.69) is 15.4 Å². The SMILES string of the molecule is Nc1nc2cc(NCCc3ccc(Cl)cc3)ccn2n1. The maximum absolute atomic E-state index is 5.86. The van der Waals surface area contributed by atoms with Crippen LogP contribution in [0.2, 0.25) is 5.02 Å².